The third kappa shape index (κ3) is 4.54. The number of nitrogens with zero attached hydrogens (tertiary/aromatic N) is 1. The Morgan fingerprint density at radius 1 is 1.53 bits per heavy atom. The number of amides is 1. The molecule has 0 spiro atoms. The Morgan fingerprint density at radius 3 is 2.71 bits per heavy atom. The summed E-state index contributed by atoms with van der Waals surface area (Å²) in [4.78, 5) is 13.5. The zero-order chi connectivity index (χ0) is 13.1. The van der Waals surface area contributed by atoms with Crippen molar-refractivity contribution in [1.29, 1.82) is 0 Å². The highest BCUT2D eigenvalue weighted by atomic mass is 16.6. The van der Waals surface area contributed by atoms with E-state index in [1.807, 2.05) is 20.8 Å². The second kappa shape index (κ2) is 5.71. The van der Waals surface area contributed by atoms with Gasteiger partial charge in [0.25, 0.3) is 0 Å². The van der Waals surface area contributed by atoms with Crippen molar-refractivity contribution in [3.63, 3.8) is 0 Å². The Morgan fingerprint density at radius 2 is 2.18 bits per heavy atom. The van der Waals surface area contributed by atoms with Gasteiger partial charge in [0.2, 0.25) is 0 Å². The van der Waals surface area contributed by atoms with Gasteiger partial charge in [-0.25, -0.2) is 4.79 Å². The number of carbonyl (C=O) groups excluding carboxylic acids is 1. The molecule has 100 valence electrons. The normalized spacial score (nSPS) is 22.6. The van der Waals surface area contributed by atoms with Crippen molar-refractivity contribution in [2.24, 2.45) is 5.92 Å². The quantitative estimate of drug-likeness (QED) is 0.828. The van der Waals surface area contributed by atoms with E-state index < -0.39 is 5.60 Å². The zero-order valence-corrected chi connectivity index (χ0v) is 11.4. The molecule has 0 saturated carbocycles. The Balaban J connectivity index is 2.42. The van der Waals surface area contributed by atoms with Crippen LogP contribution in [0.3, 0.4) is 0 Å². The molecule has 4 heteroatoms. The maximum absolute atomic E-state index is 11.8. The minimum absolute atomic E-state index is 0.211. The van der Waals surface area contributed by atoms with Crippen LogP contribution in [0.25, 0.3) is 0 Å². The fourth-order valence-electron chi connectivity index (χ4n) is 2.13. The van der Waals surface area contributed by atoms with Crippen LogP contribution in [-0.2, 0) is 4.74 Å². The second-order valence-corrected chi connectivity index (χ2v) is 5.83. The van der Waals surface area contributed by atoms with Crippen molar-refractivity contribution in [2.45, 2.75) is 58.7 Å². The molecule has 2 atom stereocenters. The van der Waals surface area contributed by atoms with E-state index in [0.717, 1.165) is 19.3 Å². The van der Waals surface area contributed by atoms with E-state index in [9.17, 15) is 9.90 Å². The van der Waals surface area contributed by atoms with Gasteiger partial charge < -0.3 is 14.7 Å². The number of aliphatic hydroxyl groups excluding tert-OH is 1. The molecular formula is C13H25NO3. The lowest BCUT2D eigenvalue weighted by atomic mass is 9.98. The maximum atomic E-state index is 11.8. The maximum Gasteiger partial charge on any atom is 0.410 e. The van der Waals surface area contributed by atoms with Gasteiger partial charge in [0.05, 0.1) is 6.10 Å². The van der Waals surface area contributed by atoms with Crippen LogP contribution < -0.4 is 0 Å². The van der Waals surface area contributed by atoms with Crippen molar-refractivity contribution in [2.75, 3.05) is 13.1 Å². The average molecular weight is 243 g/mol. The monoisotopic (exact) mass is 243 g/mol. The summed E-state index contributed by atoms with van der Waals surface area (Å²) in [5.41, 5.74) is -0.447. The lowest BCUT2D eigenvalue weighted by Gasteiger charge is -2.25. The van der Waals surface area contributed by atoms with Crippen LogP contribution >= 0.6 is 0 Å². The molecule has 1 rings (SSSR count). The van der Waals surface area contributed by atoms with E-state index in [0.29, 0.717) is 13.1 Å². The summed E-state index contributed by atoms with van der Waals surface area (Å²) in [7, 11) is 0. The van der Waals surface area contributed by atoms with Gasteiger partial charge in [-0.3, -0.25) is 0 Å². The van der Waals surface area contributed by atoms with Crippen LogP contribution in [0.1, 0.15) is 47.0 Å². The Labute approximate surface area is 104 Å². The van der Waals surface area contributed by atoms with Crippen LogP contribution in [0, 0.1) is 5.92 Å². The van der Waals surface area contributed by atoms with Crippen LogP contribution in [0.4, 0.5) is 4.79 Å². The Bertz CT molecular complexity index is 260. The lowest BCUT2D eigenvalue weighted by molar-refractivity contribution is 0.0266. The summed E-state index contributed by atoms with van der Waals surface area (Å²) in [5, 5.41) is 9.90. The van der Waals surface area contributed by atoms with Gasteiger partial charge in [-0.2, -0.15) is 0 Å². The number of likely N-dealkylation sites (tertiary alicyclic amines) is 1. The van der Waals surface area contributed by atoms with Gasteiger partial charge in [0, 0.05) is 19.0 Å². The SMILES string of the molecule is CCCC(O)[C@H]1CCN(C(=O)OC(C)(C)C)C1. The summed E-state index contributed by atoms with van der Waals surface area (Å²) in [6, 6.07) is 0. The largest absolute Gasteiger partial charge is 0.444 e. The smallest absolute Gasteiger partial charge is 0.410 e. The Hall–Kier alpha value is -0.770. The molecule has 17 heavy (non-hydrogen) atoms. The summed E-state index contributed by atoms with van der Waals surface area (Å²) in [6.45, 7) is 8.97. The first kappa shape index (κ1) is 14.3. The number of hydrogen-bond acceptors (Lipinski definition) is 3. The first-order chi connectivity index (χ1) is 7.83. The molecule has 4 nitrogen and oxygen atoms in total. The molecule has 1 N–H and O–H groups in total. The fourth-order valence-corrected chi connectivity index (χ4v) is 2.13. The Kier molecular flexibility index (Phi) is 4.80. The van der Waals surface area contributed by atoms with Crippen molar-refractivity contribution in [1.82, 2.24) is 4.90 Å². The van der Waals surface area contributed by atoms with Crippen molar-refractivity contribution in [3.8, 4) is 0 Å². The molecule has 1 amide bonds. The first-order valence-electron chi connectivity index (χ1n) is 6.49. The lowest BCUT2D eigenvalue weighted by Crippen LogP contribution is -2.36. The molecule has 1 heterocycles. The number of hydrogen-bond donors (Lipinski definition) is 1. The molecular weight excluding hydrogens is 218 g/mol. The first-order valence-corrected chi connectivity index (χ1v) is 6.49. The molecule has 0 bridgehead atoms. The van der Waals surface area contributed by atoms with Crippen molar-refractivity contribution < 1.29 is 14.6 Å². The molecule has 1 aliphatic heterocycles. The molecule has 1 fully saturated rings. The molecule has 0 aromatic carbocycles. The van der Waals surface area contributed by atoms with E-state index in [-0.39, 0.29) is 18.1 Å². The van der Waals surface area contributed by atoms with Crippen molar-refractivity contribution in [3.05, 3.63) is 0 Å². The molecule has 0 aliphatic carbocycles. The highest BCUT2D eigenvalue weighted by Gasteiger charge is 2.32. The van der Waals surface area contributed by atoms with E-state index in [1.165, 1.54) is 0 Å². The molecule has 1 aliphatic rings. The number of aliphatic hydroxyl groups is 1. The van der Waals surface area contributed by atoms with Gasteiger partial charge in [0.15, 0.2) is 0 Å². The van der Waals surface area contributed by atoms with Gasteiger partial charge in [-0.15, -0.1) is 0 Å². The average Bonchev–Trinajstić information content (AvgIpc) is 2.63. The second-order valence-electron chi connectivity index (χ2n) is 5.83. The third-order valence-electron chi connectivity index (χ3n) is 3.00. The van der Waals surface area contributed by atoms with Gasteiger partial charge in [-0.1, -0.05) is 13.3 Å². The zero-order valence-electron chi connectivity index (χ0n) is 11.4. The van der Waals surface area contributed by atoms with Crippen LogP contribution in [-0.4, -0.2) is 40.9 Å². The molecule has 0 aromatic rings. The van der Waals surface area contributed by atoms with Crippen LogP contribution in [0.2, 0.25) is 0 Å². The molecule has 1 saturated heterocycles. The van der Waals surface area contributed by atoms with Crippen LogP contribution in [0.15, 0.2) is 0 Å². The number of carbonyl (C=O) groups is 1. The molecule has 1 unspecified atom stereocenters. The summed E-state index contributed by atoms with van der Waals surface area (Å²) in [5.74, 6) is 0.211. The number of rotatable bonds is 3. The fraction of sp³-hybridized carbons (Fsp3) is 0.923. The number of ether oxygens (including phenoxy) is 1. The van der Waals surface area contributed by atoms with E-state index in [2.05, 4.69) is 6.92 Å². The standard InChI is InChI=1S/C13H25NO3/c1-5-6-11(15)10-7-8-14(9-10)12(16)17-13(2,3)4/h10-11,15H,5-9H2,1-4H3/t10-,11?/m0/s1. The predicted octanol–water partition coefficient (Wildman–Crippen LogP) is 2.40. The van der Waals surface area contributed by atoms with Gasteiger partial charge in [0.1, 0.15) is 5.60 Å². The topological polar surface area (TPSA) is 49.8 Å². The van der Waals surface area contributed by atoms with E-state index in [1.54, 1.807) is 4.90 Å². The van der Waals surface area contributed by atoms with Gasteiger partial charge in [-0.05, 0) is 33.6 Å². The third-order valence-corrected chi connectivity index (χ3v) is 3.00. The van der Waals surface area contributed by atoms with E-state index >= 15 is 0 Å². The van der Waals surface area contributed by atoms with Crippen molar-refractivity contribution >= 4 is 6.09 Å². The summed E-state index contributed by atoms with van der Waals surface area (Å²) < 4.78 is 5.32. The summed E-state index contributed by atoms with van der Waals surface area (Å²) >= 11 is 0. The van der Waals surface area contributed by atoms with Gasteiger partial charge >= 0.3 is 6.09 Å². The predicted molar refractivity (Wildman–Crippen MR) is 66.8 cm³/mol. The van der Waals surface area contributed by atoms with Crippen LogP contribution in [0.5, 0.6) is 0 Å². The minimum atomic E-state index is -0.447. The molecule has 0 radical (unpaired) electrons. The summed E-state index contributed by atoms with van der Waals surface area (Å²) in [6.07, 6.45) is 2.12. The van der Waals surface area contributed by atoms with E-state index in [4.69, 9.17) is 4.74 Å². The highest BCUT2D eigenvalue weighted by molar-refractivity contribution is 5.68. The molecule has 0 aromatic heterocycles. The minimum Gasteiger partial charge on any atom is -0.444 e. The highest BCUT2D eigenvalue weighted by Crippen LogP contribution is 2.23.